The molecular weight excluding hydrogens is 508 g/mol. The lowest BCUT2D eigenvalue weighted by Gasteiger charge is -2.15. The van der Waals surface area contributed by atoms with E-state index in [1.54, 1.807) is 0 Å². The van der Waals surface area contributed by atoms with Crippen molar-refractivity contribution in [3.63, 3.8) is 0 Å². The van der Waals surface area contributed by atoms with Gasteiger partial charge in [0.25, 0.3) is 0 Å². The minimum Gasteiger partial charge on any atom is -0.491 e. The van der Waals surface area contributed by atoms with E-state index >= 15 is 0 Å². The standard InChI is InChI=1S/C41H52O/c1-5-7-9-11-12-14-16-34-17-19-35(20-18-34)36-21-23-37(24-22-36)39-27-30-41(32(3)31-39)38-25-28-40(29-26-38)42-33(4)15-13-10-8-6-2/h17-31,33H,5-16H2,1-4H3/t33-/m1/s1. The van der Waals surface area contributed by atoms with Crippen LogP contribution in [0.5, 0.6) is 5.75 Å². The maximum absolute atomic E-state index is 6.17. The summed E-state index contributed by atoms with van der Waals surface area (Å²) in [5.74, 6) is 0.962. The van der Waals surface area contributed by atoms with Crippen molar-refractivity contribution in [3.8, 4) is 39.1 Å². The van der Waals surface area contributed by atoms with Crippen LogP contribution in [0.4, 0.5) is 0 Å². The molecule has 0 aliphatic heterocycles. The summed E-state index contributed by atoms with van der Waals surface area (Å²) in [6, 6.07) is 33.6. The first-order valence-corrected chi connectivity index (χ1v) is 16.6. The van der Waals surface area contributed by atoms with Gasteiger partial charge in [-0.3, -0.25) is 0 Å². The van der Waals surface area contributed by atoms with Gasteiger partial charge in [0.2, 0.25) is 0 Å². The molecular formula is C41H52O. The maximum Gasteiger partial charge on any atom is 0.119 e. The number of rotatable bonds is 17. The second-order valence-electron chi connectivity index (χ2n) is 12.1. The fourth-order valence-corrected chi connectivity index (χ4v) is 5.86. The van der Waals surface area contributed by atoms with E-state index in [0.29, 0.717) is 0 Å². The van der Waals surface area contributed by atoms with Crippen LogP contribution in [-0.2, 0) is 6.42 Å². The van der Waals surface area contributed by atoms with Gasteiger partial charge in [0.05, 0.1) is 6.10 Å². The molecule has 222 valence electrons. The Morgan fingerprint density at radius 3 is 1.64 bits per heavy atom. The lowest BCUT2D eigenvalue weighted by Crippen LogP contribution is -2.11. The normalized spacial score (nSPS) is 11.9. The van der Waals surface area contributed by atoms with Gasteiger partial charge in [0.1, 0.15) is 5.75 Å². The Bertz CT molecular complexity index is 1320. The summed E-state index contributed by atoms with van der Waals surface area (Å²) in [5.41, 5.74) is 10.3. The van der Waals surface area contributed by atoms with E-state index in [4.69, 9.17) is 4.74 Å². The SMILES string of the molecule is CCCCCCCCc1ccc(-c2ccc(-c3ccc(-c4ccc(O[C@H](C)CCCCCC)cc4)c(C)c3)cc2)cc1. The number of aryl methyl sites for hydroxylation is 2. The fraction of sp³-hybridized carbons (Fsp3) is 0.415. The Balaban J connectivity index is 1.32. The summed E-state index contributed by atoms with van der Waals surface area (Å²) >= 11 is 0. The number of benzene rings is 4. The molecule has 0 aromatic heterocycles. The van der Waals surface area contributed by atoms with Crippen molar-refractivity contribution in [2.45, 2.75) is 111 Å². The van der Waals surface area contributed by atoms with E-state index in [1.165, 1.54) is 115 Å². The molecule has 0 saturated heterocycles. The Labute approximate surface area is 256 Å². The Morgan fingerprint density at radius 1 is 0.524 bits per heavy atom. The minimum absolute atomic E-state index is 0.259. The molecule has 0 radical (unpaired) electrons. The third-order valence-electron chi connectivity index (χ3n) is 8.52. The van der Waals surface area contributed by atoms with Crippen molar-refractivity contribution in [2.24, 2.45) is 0 Å². The van der Waals surface area contributed by atoms with Crippen molar-refractivity contribution >= 4 is 0 Å². The third-order valence-corrected chi connectivity index (χ3v) is 8.52. The summed E-state index contributed by atoms with van der Waals surface area (Å²) in [6.45, 7) is 8.93. The summed E-state index contributed by atoms with van der Waals surface area (Å²) in [4.78, 5) is 0. The van der Waals surface area contributed by atoms with Gasteiger partial charge in [-0.1, -0.05) is 144 Å². The molecule has 0 aliphatic rings. The van der Waals surface area contributed by atoms with Gasteiger partial charge in [-0.15, -0.1) is 0 Å². The molecule has 1 heteroatoms. The van der Waals surface area contributed by atoms with E-state index in [-0.39, 0.29) is 6.10 Å². The van der Waals surface area contributed by atoms with Crippen LogP contribution in [-0.4, -0.2) is 6.10 Å². The van der Waals surface area contributed by atoms with Crippen LogP contribution in [0.15, 0.2) is 91.0 Å². The summed E-state index contributed by atoms with van der Waals surface area (Å²) < 4.78 is 6.17. The van der Waals surface area contributed by atoms with Crippen LogP contribution in [0.2, 0.25) is 0 Å². The first-order chi connectivity index (χ1) is 20.6. The molecule has 0 aliphatic carbocycles. The van der Waals surface area contributed by atoms with Crippen molar-refractivity contribution in [1.82, 2.24) is 0 Å². The zero-order chi connectivity index (χ0) is 29.6. The molecule has 0 spiro atoms. The van der Waals surface area contributed by atoms with Gasteiger partial charge in [0.15, 0.2) is 0 Å². The van der Waals surface area contributed by atoms with Crippen molar-refractivity contribution in [2.75, 3.05) is 0 Å². The second kappa shape index (κ2) is 17.0. The quantitative estimate of drug-likeness (QED) is 0.117. The largest absolute Gasteiger partial charge is 0.491 e. The summed E-state index contributed by atoms with van der Waals surface area (Å²) in [5, 5.41) is 0. The van der Waals surface area contributed by atoms with Crippen molar-refractivity contribution in [1.29, 1.82) is 0 Å². The van der Waals surface area contributed by atoms with Crippen LogP contribution in [0.1, 0.15) is 103 Å². The minimum atomic E-state index is 0.259. The number of unbranched alkanes of at least 4 members (excludes halogenated alkanes) is 8. The molecule has 1 atom stereocenters. The third kappa shape index (κ3) is 9.62. The van der Waals surface area contributed by atoms with Crippen LogP contribution in [0.3, 0.4) is 0 Å². The van der Waals surface area contributed by atoms with Crippen LogP contribution < -0.4 is 4.74 Å². The average Bonchev–Trinajstić information content (AvgIpc) is 3.02. The van der Waals surface area contributed by atoms with E-state index in [9.17, 15) is 0 Å². The van der Waals surface area contributed by atoms with Gasteiger partial charge >= 0.3 is 0 Å². The summed E-state index contributed by atoms with van der Waals surface area (Å²) in [7, 11) is 0. The van der Waals surface area contributed by atoms with Crippen molar-refractivity contribution in [3.05, 3.63) is 102 Å². The smallest absolute Gasteiger partial charge is 0.119 e. The lowest BCUT2D eigenvalue weighted by molar-refractivity contribution is 0.206. The highest BCUT2D eigenvalue weighted by atomic mass is 16.5. The first-order valence-electron chi connectivity index (χ1n) is 16.6. The van der Waals surface area contributed by atoms with Gasteiger partial charge in [-0.25, -0.2) is 0 Å². The van der Waals surface area contributed by atoms with E-state index in [0.717, 1.165) is 12.2 Å². The molecule has 4 aromatic carbocycles. The fourth-order valence-electron chi connectivity index (χ4n) is 5.86. The number of ether oxygens (including phenoxy) is 1. The van der Waals surface area contributed by atoms with Crippen molar-refractivity contribution < 1.29 is 4.74 Å². The van der Waals surface area contributed by atoms with Crippen LogP contribution >= 0.6 is 0 Å². The van der Waals surface area contributed by atoms with Gasteiger partial charge in [-0.2, -0.15) is 0 Å². The summed E-state index contributed by atoms with van der Waals surface area (Å²) in [6.07, 6.45) is 15.8. The van der Waals surface area contributed by atoms with Gasteiger partial charge in [0, 0.05) is 0 Å². The molecule has 4 rings (SSSR count). The highest BCUT2D eigenvalue weighted by molar-refractivity contribution is 5.75. The molecule has 0 N–H and O–H groups in total. The zero-order valence-corrected chi connectivity index (χ0v) is 26.6. The van der Waals surface area contributed by atoms with E-state index < -0.39 is 0 Å². The van der Waals surface area contributed by atoms with E-state index in [2.05, 4.69) is 119 Å². The molecule has 0 heterocycles. The zero-order valence-electron chi connectivity index (χ0n) is 26.6. The Kier molecular flexibility index (Phi) is 12.8. The predicted octanol–water partition coefficient (Wildman–Crippen LogP) is 12.6. The predicted molar refractivity (Wildman–Crippen MR) is 183 cm³/mol. The maximum atomic E-state index is 6.17. The average molecular weight is 561 g/mol. The number of hydrogen-bond donors (Lipinski definition) is 0. The molecule has 1 nitrogen and oxygen atoms in total. The molecule has 0 unspecified atom stereocenters. The highest BCUT2D eigenvalue weighted by Gasteiger charge is 2.08. The Hall–Kier alpha value is -3.32. The number of hydrogen-bond acceptors (Lipinski definition) is 1. The molecule has 0 amide bonds. The molecule has 4 aromatic rings. The van der Waals surface area contributed by atoms with Crippen LogP contribution in [0.25, 0.3) is 33.4 Å². The highest BCUT2D eigenvalue weighted by Crippen LogP contribution is 2.31. The molecule has 42 heavy (non-hydrogen) atoms. The molecule has 0 saturated carbocycles. The first kappa shape index (κ1) is 31.6. The monoisotopic (exact) mass is 560 g/mol. The lowest BCUT2D eigenvalue weighted by atomic mass is 9.94. The van der Waals surface area contributed by atoms with Gasteiger partial charge < -0.3 is 4.74 Å². The van der Waals surface area contributed by atoms with Gasteiger partial charge in [-0.05, 0) is 96.2 Å². The molecule has 0 fully saturated rings. The van der Waals surface area contributed by atoms with Crippen LogP contribution in [0, 0.1) is 6.92 Å². The molecule has 0 bridgehead atoms. The second-order valence-corrected chi connectivity index (χ2v) is 12.1. The topological polar surface area (TPSA) is 9.23 Å². The Morgan fingerprint density at radius 2 is 1.02 bits per heavy atom. The van der Waals surface area contributed by atoms with E-state index in [1.807, 2.05) is 0 Å².